The average Bonchev–Trinajstić information content (AvgIpc) is 3.19. The topological polar surface area (TPSA) is 38.3 Å². The lowest BCUT2D eigenvalue weighted by Gasteiger charge is -2.53. The largest absolute Gasteiger partial charge is 0.459 e. The molecule has 0 saturated carbocycles. The summed E-state index contributed by atoms with van der Waals surface area (Å²) in [7, 11) is 0. The van der Waals surface area contributed by atoms with Gasteiger partial charge >= 0.3 is 5.97 Å². The summed E-state index contributed by atoms with van der Waals surface area (Å²) in [5.74, 6) is -0.117. The fourth-order valence-corrected chi connectivity index (χ4v) is 9.78. The average molecular weight is 766 g/mol. The Hall–Kier alpha value is -1.35. The molecule has 3 heteroatoms. The van der Waals surface area contributed by atoms with Gasteiger partial charge in [0.2, 0.25) is 0 Å². The lowest BCUT2D eigenvalue weighted by Crippen LogP contribution is -2.65. The minimum atomic E-state index is -0.117. The summed E-state index contributed by atoms with van der Waals surface area (Å²) >= 11 is 0. The van der Waals surface area contributed by atoms with Crippen molar-refractivity contribution in [1.82, 2.24) is 5.32 Å². The van der Waals surface area contributed by atoms with Crippen LogP contribution < -0.4 is 5.32 Å². The number of rotatable bonds is 38. The maximum Gasteiger partial charge on any atom is 0.338 e. The maximum absolute atomic E-state index is 13.7. The second kappa shape index (κ2) is 33.6. The zero-order valence-electron chi connectivity index (χ0n) is 37.7. The number of ether oxygens (including phenoxy) is 1. The summed E-state index contributed by atoms with van der Waals surface area (Å²) in [6, 6.07) is 9.82. The number of carbonyl (C=O) groups is 1. The highest BCUT2D eigenvalue weighted by molar-refractivity contribution is 5.89. The molecular formula is C52H95NO2. The van der Waals surface area contributed by atoms with Gasteiger partial charge in [0.05, 0.1) is 5.56 Å². The number of carbonyl (C=O) groups excluding carboxylic acids is 1. The van der Waals surface area contributed by atoms with Gasteiger partial charge < -0.3 is 10.1 Å². The van der Waals surface area contributed by atoms with Gasteiger partial charge in [-0.3, -0.25) is 0 Å². The Morgan fingerprint density at radius 2 is 0.727 bits per heavy atom. The molecule has 0 atom stereocenters. The van der Waals surface area contributed by atoms with Gasteiger partial charge in [0.25, 0.3) is 0 Å². The number of hydrogen-bond donors (Lipinski definition) is 1. The first-order chi connectivity index (χ1) is 27.0. The summed E-state index contributed by atoms with van der Waals surface area (Å²) < 4.78 is 6.64. The monoisotopic (exact) mass is 766 g/mol. The van der Waals surface area contributed by atoms with E-state index in [0.717, 1.165) is 12.8 Å². The van der Waals surface area contributed by atoms with Crippen LogP contribution in [0.4, 0.5) is 0 Å². The van der Waals surface area contributed by atoms with E-state index in [1.165, 1.54) is 231 Å². The third-order valence-corrected chi connectivity index (χ3v) is 13.1. The second-order valence-corrected chi connectivity index (χ2v) is 18.4. The van der Waals surface area contributed by atoms with Crippen molar-refractivity contribution in [3.05, 3.63) is 35.9 Å². The first kappa shape index (κ1) is 49.8. The molecule has 3 nitrogen and oxygen atoms in total. The van der Waals surface area contributed by atoms with Gasteiger partial charge in [-0.15, -0.1) is 0 Å². The summed E-state index contributed by atoms with van der Waals surface area (Å²) in [5.41, 5.74) is 0.824. The Labute approximate surface area is 344 Å². The molecule has 1 aliphatic rings. The molecule has 0 aromatic heterocycles. The van der Waals surface area contributed by atoms with E-state index in [4.69, 9.17) is 4.74 Å². The first-order valence-corrected chi connectivity index (χ1v) is 25.1. The van der Waals surface area contributed by atoms with Gasteiger partial charge in [-0.1, -0.05) is 251 Å². The summed E-state index contributed by atoms with van der Waals surface area (Å²) in [5, 5.41) is 4.61. The van der Waals surface area contributed by atoms with Crippen molar-refractivity contribution >= 4 is 5.97 Å². The molecule has 2 rings (SSSR count). The standard InChI is InChI=1S/C52H95NO2/c1-5-9-13-17-21-25-29-36-42-51(43-37-30-26-22-18-14-10-6-2)46-49(55-50(54)48-40-34-33-35-41-48)47-52(53-51,44-38-31-27-23-19-15-11-7-3)45-39-32-28-24-20-16-12-8-4/h33-35,40-41,49,53H,5-32,36-39,42-47H2,1-4H3. The molecule has 1 fully saturated rings. The van der Waals surface area contributed by atoms with Crippen LogP contribution in [-0.2, 0) is 4.74 Å². The van der Waals surface area contributed by atoms with Crippen molar-refractivity contribution in [2.45, 2.75) is 289 Å². The summed E-state index contributed by atoms with van der Waals surface area (Å²) in [6.07, 6.45) is 50.4. The van der Waals surface area contributed by atoms with Gasteiger partial charge in [0.15, 0.2) is 0 Å². The summed E-state index contributed by atoms with van der Waals surface area (Å²) in [4.78, 5) is 13.7. The number of benzene rings is 1. The van der Waals surface area contributed by atoms with Crippen LogP contribution in [0.15, 0.2) is 30.3 Å². The van der Waals surface area contributed by atoms with Gasteiger partial charge in [-0.2, -0.15) is 0 Å². The van der Waals surface area contributed by atoms with Crippen molar-refractivity contribution in [3.63, 3.8) is 0 Å². The molecule has 1 heterocycles. The summed E-state index contributed by atoms with van der Waals surface area (Å²) in [6.45, 7) is 9.27. The Morgan fingerprint density at radius 3 is 1.02 bits per heavy atom. The molecular weight excluding hydrogens is 671 g/mol. The maximum atomic E-state index is 13.7. The highest BCUT2D eigenvalue weighted by Crippen LogP contribution is 2.43. The van der Waals surface area contributed by atoms with Crippen molar-refractivity contribution in [1.29, 1.82) is 0 Å². The highest BCUT2D eigenvalue weighted by Gasteiger charge is 2.47. The second-order valence-electron chi connectivity index (χ2n) is 18.4. The fraction of sp³-hybridized carbons (Fsp3) is 0.865. The Bertz CT molecular complexity index is 899. The molecule has 1 aliphatic heterocycles. The predicted molar refractivity (Wildman–Crippen MR) is 242 cm³/mol. The van der Waals surface area contributed by atoms with E-state index < -0.39 is 0 Å². The van der Waals surface area contributed by atoms with Crippen LogP contribution >= 0.6 is 0 Å². The molecule has 0 radical (unpaired) electrons. The quantitative estimate of drug-likeness (QED) is 0.0538. The molecule has 55 heavy (non-hydrogen) atoms. The Balaban J connectivity index is 2.27. The van der Waals surface area contributed by atoms with Crippen molar-refractivity contribution in [3.8, 4) is 0 Å². The van der Waals surface area contributed by atoms with Crippen molar-refractivity contribution in [2.75, 3.05) is 0 Å². The van der Waals surface area contributed by atoms with Crippen molar-refractivity contribution in [2.24, 2.45) is 0 Å². The van der Waals surface area contributed by atoms with Crippen LogP contribution in [0, 0.1) is 0 Å². The van der Waals surface area contributed by atoms with Crippen molar-refractivity contribution < 1.29 is 9.53 Å². The lowest BCUT2D eigenvalue weighted by atomic mass is 9.69. The number of esters is 1. The van der Waals surface area contributed by atoms with E-state index in [1.54, 1.807) is 0 Å². The number of piperidine rings is 1. The molecule has 1 saturated heterocycles. The minimum Gasteiger partial charge on any atom is -0.459 e. The van der Waals surface area contributed by atoms with E-state index in [0.29, 0.717) is 5.56 Å². The molecule has 0 spiro atoms. The third-order valence-electron chi connectivity index (χ3n) is 13.1. The van der Waals surface area contributed by atoms with Gasteiger partial charge in [-0.05, 0) is 37.8 Å². The third kappa shape index (κ3) is 24.2. The molecule has 1 aromatic carbocycles. The van der Waals surface area contributed by atoms with Crippen LogP contribution in [0.2, 0.25) is 0 Å². The SMILES string of the molecule is CCCCCCCCCCC1(CCCCCCCCCC)CC(OC(=O)c2ccccc2)CC(CCCCCCCCCC)(CCCCCCCCCC)N1. The molecule has 0 bridgehead atoms. The van der Waals surface area contributed by atoms with Crippen LogP contribution in [0.3, 0.4) is 0 Å². The molecule has 0 amide bonds. The molecule has 1 N–H and O–H groups in total. The lowest BCUT2D eigenvalue weighted by molar-refractivity contribution is -0.0298. The van der Waals surface area contributed by atoms with Crippen LogP contribution in [0.5, 0.6) is 0 Å². The normalized spacial score (nSPS) is 15.4. The van der Waals surface area contributed by atoms with E-state index in [9.17, 15) is 4.79 Å². The number of unbranched alkanes of at least 4 members (excludes halogenated alkanes) is 28. The zero-order valence-corrected chi connectivity index (χ0v) is 37.7. The molecule has 320 valence electrons. The first-order valence-electron chi connectivity index (χ1n) is 25.1. The van der Waals surface area contributed by atoms with E-state index in [1.807, 2.05) is 30.3 Å². The van der Waals surface area contributed by atoms with E-state index in [-0.39, 0.29) is 23.2 Å². The van der Waals surface area contributed by atoms with E-state index in [2.05, 4.69) is 33.0 Å². The Kier molecular flexibility index (Phi) is 30.4. The number of nitrogens with one attached hydrogen (secondary N) is 1. The highest BCUT2D eigenvalue weighted by atomic mass is 16.5. The van der Waals surface area contributed by atoms with Crippen LogP contribution in [-0.4, -0.2) is 23.2 Å². The van der Waals surface area contributed by atoms with Gasteiger partial charge in [-0.25, -0.2) is 4.79 Å². The molecule has 0 unspecified atom stereocenters. The predicted octanol–water partition coefficient (Wildman–Crippen LogP) is 17.2. The number of hydrogen-bond acceptors (Lipinski definition) is 3. The molecule has 0 aliphatic carbocycles. The fourth-order valence-electron chi connectivity index (χ4n) is 9.78. The van der Waals surface area contributed by atoms with Crippen LogP contribution in [0.1, 0.15) is 282 Å². The van der Waals surface area contributed by atoms with E-state index >= 15 is 0 Å². The van der Waals surface area contributed by atoms with Crippen LogP contribution in [0.25, 0.3) is 0 Å². The van der Waals surface area contributed by atoms with Gasteiger partial charge in [0, 0.05) is 23.9 Å². The van der Waals surface area contributed by atoms with Gasteiger partial charge in [0.1, 0.15) is 6.10 Å². The zero-order chi connectivity index (χ0) is 39.6. The smallest absolute Gasteiger partial charge is 0.338 e. The molecule has 1 aromatic rings. The minimum absolute atomic E-state index is 0.0138. The Morgan fingerprint density at radius 1 is 0.455 bits per heavy atom.